The number of amides is 2. The Morgan fingerprint density at radius 3 is 2.79 bits per heavy atom. The highest BCUT2D eigenvalue weighted by Gasteiger charge is 2.14. The summed E-state index contributed by atoms with van der Waals surface area (Å²) in [7, 11) is 0. The van der Waals surface area contributed by atoms with Crippen LogP contribution in [0.5, 0.6) is 0 Å². The van der Waals surface area contributed by atoms with Crippen molar-refractivity contribution in [3.63, 3.8) is 0 Å². The van der Waals surface area contributed by atoms with E-state index in [0.717, 1.165) is 19.3 Å². The highest BCUT2D eigenvalue weighted by Crippen LogP contribution is 2.17. The summed E-state index contributed by atoms with van der Waals surface area (Å²) in [5, 5.41) is 6.01. The molecule has 0 atom stereocenters. The summed E-state index contributed by atoms with van der Waals surface area (Å²) in [4.78, 5) is 11.7. The second-order valence-corrected chi connectivity index (χ2v) is 5.47. The van der Waals surface area contributed by atoms with Gasteiger partial charge in [0.1, 0.15) is 0 Å². The van der Waals surface area contributed by atoms with Gasteiger partial charge in [-0.2, -0.15) is 0 Å². The monoisotopic (exact) mass is 260 g/mol. The van der Waals surface area contributed by atoms with Crippen molar-refractivity contribution in [3.05, 3.63) is 35.4 Å². The molecule has 0 unspecified atom stereocenters. The lowest BCUT2D eigenvalue weighted by Crippen LogP contribution is -2.43. The Balaban J connectivity index is 1.66. The molecule has 1 aliphatic carbocycles. The molecule has 3 heteroatoms. The van der Waals surface area contributed by atoms with Gasteiger partial charge in [-0.05, 0) is 31.7 Å². The maximum absolute atomic E-state index is 11.7. The zero-order valence-electron chi connectivity index (χ0n) is 11.7. The van der Waals surface area contributed by atoms with Crippen molar-refractivity contribution in [2.75, 3.05) is 6.54 Å². The zero-order valence-corrected chi connectivity index (χ0v) is 11.7. The molecule has 0 aromatic heterocycles. The van der Waals surface area contributed by atoms with Crippen LogP contribution in [0.4, 0.5) is 4.79 Å². The molecular formula is C16H24N2O. The molecule has 1 aromatic carbocycles. The second-order valence-electron chi connectivity index (χ2n) is 5.47. The first kappa shape index (κ1) is 13.9. The molecule has 1 aliphatic rings. The molecule has 0 radical (unpaired) electrons. The fourth-order valence-corrected chi connectivity index (χ4v) is 2.67. The van der Waals surface area contributed by atoms with Gasteiger partial charge in [-0.1, -0.05) is 49.1 Å². The number of nitrogens with one attached hydrogen (secondary N) is 2. The summed E-state index contributed by atoms with van der Waals surface area (Å²) in [6.45, 7) is 2.79. The molecule has 2 amide bonds. The fraction of sp³-hybridized carbons (Fsp3) is 0.562. The average Bonchev–Trinajstić information content (AvgIpc) is 2.40. The van der Waals surface area contributed by atoms with Gasteiger partial charge in [0, 0.05) is 12.6 Å². The normalized spacial score (nSPS) is 16.1. The predicted molar refractivity (Wildman–Crippen MR) is 78.3 cm³/mol. The smallest absolute Gasteiger partial charge is 0.315 e. The Morgan fingerprint density at radius 2 is 2.05 bits per heavy atom. The van der Waals surface area contributed by atoms with Gasteiger partial charge in [-0.3, -0.25) is 0 Å². The van der Waals surface area contributed by atoms with Crippen molar-refractivity contribution >= 4 is 6.03 Å². The van der Waals surface area contributed by atoms with Crippen molar-refractivity contribution in [1.29, 1.82) is 0 Å². The molecule has 2 N–H and O–H groups in total. The number of urea groups is 1. The van der Waals surface area contributed by atoms with Crippen molar-refractivity contribution in [2.45, 2.75) is 51.5 Å². The summed E-state index contributed by atoms with van der Waals surface area (Å²) in [6.07, 6.45) is 6.95. The van der Waals surface area contributed by atoms with Crippen molar-refractivity contribution < 1.29 is 4.79 Å². The van der Waals surface area contributed by atoms with Gasteiger partial charge in [0.25, 0.3) is 0 Å². The van der Waals surface area contributed by atoms with E-state index in [-0.39, 0.29) is 6.03 Å². The quantitative estimate of drug-likeness (QED) is 0.857. The lowest BCUT2D eigenvalue weighted by Gasteiger charge is -2.22. The molecule has 0 saturated heterocycles. The molecule has 0 bridgehead atoms. The first-order valence-electron chi connectivity index (χ1n) is 7.34. The molecule has 1 saturated carbocycles. The van der Waals surface area contributed by atoms with Crippen molar-refractivity contribution in [3.8, 4) is 0 Å². The number of benzene rings is 1. The van der Waals surface area contributed by atoms with Gasteiger partial charge in [0.15, 0.2) is 0 Å². The van der Waals surface area contributed by atoms with Crippen LogP contribution in [0.15, 0.2) is 24.3 Å². The summed E-state index contributed by atoms with van der Waals surface area (Å²) in [5.41, 5.74) is 2.54. The molecule has 19 heavy (non-hydrogen) atoms. The van der Waals surface area contributed by atoms with E-state index in [9.17, 15) is 4.79 Å². The van der Waals surface area contributed by atoms with Gasteiger partial charge in [-0.15, -0.1) is 0 Å². The summed E-state index contributed by atoms with van der Waals surface area (Å²) in [5.74, 6) is 0. The lowest BCUT2D eigenvalue weighted by atomic mass is 9.96. The molecule has 0 heterocycles. The van der Waals surface area contributed by atoms with E-state index < -0.39 is 0 Å². The van der Waals surface area contributed by atoms with Crippen LogP contribution in [-0.2, 0) is 6.42 Å². The highest BCUT2D eigenvalue weighted by atomic mass is 16.2. The van der Waals surface area contributed by atoms with Crippen LogP contribution < -0.4 is 10.6 Å². The largest absolute Gasteiger partial charge is 0.338 e. The Morgan fingerprint density at radius 1 is 1.26 bits per heavy atom. The average molecular weight is 260 g/mol. The highest BCUT2D eigenvalue weighted by molar-refractivity contribution is 5.74. The van der Waals surface area contributed by atoms with Crippen LogP contribution in [-0.4, -0.2) is 18.6 Å². The van der Waals surface area contributed by atoms with E-state index in [4.69, 9.17) is 0 Å². The zero-order chi connectivity index (χ0) is 13.5. The Labute approximate surface area is 115 Å². The van der Waals surface area contributed by atoms with Crippen molar-refractivity contribution in [2.24, 2.45) is 0 Å². The van der Waals surface area contributed by atoms with E-state index in [1.54, 1.807) is 0 Å². The second kappa shape index (κ2) is 7.17. The number of aryl methyl sites for hydroxylation is 1. The first-order chi connectivity index (χ1) is 9.24. The Hall–Kier alpha value is -1.51. The molecule has 1 aromatic rings. The maximum Gasteiger partial charge on any atom is 0.315 e. The van der Waals surface area contributed by atoms with Gasteiger partial charge >= 0.3 is 6.03 Å². The van der Waals surface area contributed by atoms with Crippen LogP contribution >= 0.6 is 0 Å². The number of hydrogen-bond donors (Lipinski definition) is 2. The molecule has 104 valence electrons. The van der Waals surface area contributed by atoms with E-state index in [1.165, 1.54) is 30.4 Å². The van der Waals surface area contributed by atoms with Crippen LogP contribution in [0.2, 0.25) is 0 Å². The predicted octanol–water partition coefficient (Wildman–Crippen LogP) is 3.17. The molecule has 2 rings (SSSR count). The third-order valence-corrected chi connectivity index (χ3v) is 3.72. The topological polar surface area (TPSA) is 41.1 Å². The van der Waals surface area contributed by atoms with Crippen LogP contribution in [0, 0.1) is 6.92 Å². The van der Waals surface area contributed by atoms with E-state index in [1.807, 2.05) is 0 Å². The third kappa shape index (κ3) is 4.93. The number of rotatable bonds is 4. The lowest BCUT2D eigenvalue weighted by molar-refractivity contribution is 0.233. The van der Waals surface area contributed by atoms with Crippen molar-refractivity contribution in [1.82, 2.24) is 10.6 Å². The molecule has 0 aliphatic heterocycles. The first-order valence-corrected chi connectivity index (χ1v) is 7.34. The summed E-state index contributed by atoms with van der Waals surface area (Å²) < 4.78 is 0. The van der Waals surface area contributed by atoms with E-state index >= 15 is 0 Å². The van der Waals surface area contributed by atoms with Crippen LogP contribution in [0.3, 0.4) is 0 Å². The van der Waals surface area contributed by atoms with E-state index in [0.29, 0.717) is 12.6 Å². The van der Waals surface area contributed by atoms with Crippen LogP contribution in [0.25, 0.3) is 0 Å². The van der Waals surface area contributed by atoms with E-state index in [2.05, 4.69) is 41.8 Å². The van der Waals surface area contributed by atoms with Gasteiger partial charge in [-0.25, -0.2) is 4.79 Å². The van der Waals surface area contributed by atoms with Gasteiger partial charge in [0.05, 0.1) is 0 Å². The minimum Gasteiger partial charge on any atom is -0.338 e. The van der Waals surface area contributed by atoms with Gasteiger partial charge < -0.3 is 10.6 Å². The SMILES string of the molecule is Cc1cccc(CCNC(=O)NC2CCCCC2)c1. The van der Waals surface area contributed by atoms with Crippen LogP contribution in [0.1, 0.15) is 43.2 Å². The summed E-state index contributed by atoms with van der Waals surface area (Å²) in [6, 6.07) is 8.79. The fourth-order valence-electron chi connectivity index (χ4n) is 2.67. The minimum atomic E-state index is -0.0143. The number of hydrogen-bond acceptors (Lipinski definition) is 1. The van der Waals surface area contributed by atoms with Gasteiger partial charge in [0.2, 0.25) is 0 Å². The molecule has 0 spiro atoms. The molecule has 1 fully saturated rings. The Kier molecular flexibility index (Phi) is 5.25. The molecule has 3 nitrogen and oxygen atoms in total. The number of carbonyl (C=O) groups is 1. The summed E-state index contributed by atoms with van der Waals surface area (Å²) >= 11 is 0. The Bertz CT molecular complexity index is 411. The standard InChI is InChI=1S/C16H24N2O/c1-13-6-5-7-14(12-13)10-11-17-16(19)18-15-8-3-2-4-9-15/h5-7,12,15H,2-4,8-11H2,1H3,(H2,17,18,19). The molecular weight excluding hydrogens is 236 g/mol. The maximum atomic E-state index is 11.7. The number of carbonyl (C=O) groups excluding carboxylic acids is 1. The third-order valence-electron chi connectivity index (χ3n) is 3.72. The minimum absolute atomic E-state index is 0.0143.